The third kappa shape index (κ3) is 3.81. The lowest BCUT2D eigenvalue weighted by atomic mass is 10.0. The van der Waals surface area contributed by atoms with Crippen molar-refractivity contribution in [3.8, 4) is 11.4 Å². The Kier molecular flexibility index (Phi) is 5.48. The van der Waals surface area contributed by atoms with Crippen molar-refractivity contribution >= 4 is 28.7 Å². The van der Waals surface area contributed by atoms with Crippen LogP contribution in [0.3, 0.4) is 0 Å². The van der Waals surface area contributed by atoms with Crippen LogP contribution >= 0.6 is 12.2 Å². The number of pyridine rings is 1. The Labute approximate surface area is 198 Å². The summed E-state index contributed by atoms with van der Waals surface area (Å²) in [4.78, 5) is 8.68. The van der Waals surface area contributed by atoms with Gasteiger partial charge in [-0.3, -0.25) is 4.98 Å². The first-order valence-corrected chi connectivity index (χ1v) is 11.2. The van der Waals surface area contributed by atoms with Gasteiger partial charge in [-0.1, -0.05) is 18.2 Å². The second-order valence-corrected chi connectivity index (χ2v) is 8.59. The smallest absolute Gasteiger partial charge is 0.174 e. The summed E-state index contributed by atoms with van der Waals surface area (Å²) in [6.45, 7) is 0. The molecule has 0 unspecified atom stereocenters. The maximum Gasteiger partial charge on any atom is 0.174 e. The Balaban J connectivity index is 1.65. The van der Waals surface area contributed by atoms with Gasteiger partial charge in [0.25, 0.3) is 0 Å². The van der Waals surface area contributed by atoms with Crippen LogP contribution in [0.2, 0.25) is 0 Å². The number of thiocarbonyl (C=S) groups is 1. The number of nitrogens with one attached hydrogen (secondary N) is 1. The first-order valence-electron chi connectivity index (χ1n) is 10.8. The molecule has 0 spiro atoms. The third-order valence-corrected chi connectivity index (χ3v) is 6.28. The summed E-state index contributed by atoms with van der Waals surface area (Å²) in [6, 6.07) is 25.3. The van der Waals surface area contributed by atoms with E-state index in [9.17, 15) is 5.11 Å². The van der Waals surface area contributed by atoms with E-state index in [0.717, 1.165) is 22.8 Å². The molecular formula is C26H25N5OS. The molecule has 2 N–H and O–H groups in total. The molecule has 33 heavy (non-hydrogen) atoms. The van der Waals surface area contributed by atoms with Gasteiger partial charge in [-0.15, -0.1) is 0 Å². The minimum atomic E-state index is -0.218. The number of phenols is 1. The molecule has 0 bridgehead atoms. The van der Waals surface area contributed by atoms with Crippen molar-refractivity contribution in [1.82, 2.24) is 14.9 Å². The zero-order chi connectivity index (χ0) is 22.9. The standard InChI is InChI=1S/C26H25N5OS/c1-29(2)18-12-14-19(15-13-18)30-17-7-10-22(30)25-24(20-8-5-6-16-27-20)28-26(33)31(25)21-9-3-4-11-23(21)32/h3-17,24-25,32H,1-2H3,(H,28,33)/t24-,25+/m1/s1. The summed E-state index contributed by atoms with van der Waals surface area (Å²) < 4.78 is 2.17. The van der Waals surface area contributed by atoms with E-state index in [2.05, 4.69) is 56.3 Å². The van der Waals surface area contributed by atoms with Gasteiger partial charge in [-0.05, 0) is 72.9 Å². The fourth-order valence-corrected chi connectivity index (χ4v) is 4.70. The second-order valence-electron chi connectivity index (χ2n) is 8.20. The van der Waals surface area contributed by atoms with Crippen LogP contribution in [-0.4, -0.2) is 33.9 Å². The van der Waals surface area contributed by atoms with Crippen LogP contribution in [-0.2, 0) is 0 Å². The molecular weight excluding hydrogens is 430 g/mol. The number of rotatable bonds is 5. The number of hydrogen-bond donors (Lipinski definition) is 2. The number of phenolic OH excluding ortho intramolecular Hbond substituents is 1. The minimum absolute atomic E-state index is 0.182. The molecule has 1 fully saturated rings. The van der Waals surface area contributed by atoms with Crippen LogP contribution in [0, 0.1) is 0 Å². The summed E-state index contributed by atoms with van der Waals surface area (Å²) in [5.74, 6) is 0.182. The monoisotopic (exact) mass is 455 g/mol. The van der Waals surface area contributed by atoms with E-state index in [-0.39, 0.29) is 17.8 Å². The van der Waals surface area contributed by atoms with Gasteiger partial charge in [-0.25, -0.2) is 0 Å². The molecule has 2 aromatic carbocycles. The molecule has 0 radical (unpaired) electrons. The highest BCUT2D eigenvalue weighted by Crippen LogP contribution is 2.44. The Morgan fingerprint density at radius 2 is 1.70 bits per heavy atom. The van der Waals surface area contributed by atoms with E-state index in [1.54, 1.807) is 12.3 Å². The number of benzene rings is 2. The first-order chi connectivity index (χ1) is 16.0. The fraction of sp³-hybridized carbons (Fsp3) is 0.154. The van der Waals surface area contributed by atoms with Crippen molar-refractivity contribution in [2.45, 2.75) is 12.1 Å². The van der Waals surface area contributed by atoms with Gasteiger partial charge < -0.3 is 24.8 Å². The van der Waals surface area contributed by atoms with Crippen LogP contribution in [0.4, 0.5) is 11.4 Å². The van der Waals surface area contributed by atoms with E-state index < -0.39 is 0 Å². The number of aromatic nitrogens is 2. The molecule has 0 aliphatic carbocycles. The lowest BCUT2D eigenvalue weighted by molar-refractivity contribution is 0.472. The zero-order valence-electron chi connectivity index (χ0n) is 18.5. The molecule has 2 aromatic heterocycles. The number of para-hydroxylation sites is 2. The van der Waals surface area contributed by atoms with E-state index in [1.165, 1.54) is 0 Å². The zero-order valence-corrected chi connectivity index (χ0v) is 19.3. The van der Waals surface area contributed by atoms with E-state index in [1.807, 2.05) is 61.5 Å². The van der Waals surface area contributed by atoms with Crippen LogP contribution < -0.4 is 15.1 Å². The lowest BCUT2D eigenvalue weighted by Gasteiger charge is -2.29. The van der Waals surface area contributed by atoms with E-state index in [0.29, 0.717) is 10.8 Å². The molecule has 1 aliphatic heterocycles. The summed E-state index contributed by atoms with van der Waals surface area (Å²) in [5, 5.41) is 14.7. The van der Waals surface area contributed by atoms with Crippen molar-refractivity contribution in [3.05, 3.63) is 103 Å². The summed E-state index contributed by atoms with van der Waals surface area (Å²) in [5.41, 5.74) is 4.78. The Morgan fingerprint density at radius 1 is 0.939 bits per heavy atom. The molecule has 0 saturated carbocycles. The van der Waals surface area contributed by atoms with Gasteiger partial charge in [-0.2, -0.15) is 0 Å². The van der Waals surface area contributed by atoms with Gasteiger partial charge in [0.15, 0.2) is 5.11 Å². The predicted octanol–water partition coefficient (Wildman–Crippen LogP) is 4.82. The minimum Gasteiger partial charge on any atom is -0.506 e. The van der Waals surface area contributed by atoms with Crippen LogP contribution in [0.1, 0.15) is 23.5 Å². The number of nitrogens with zero attached hydrogens (tertiary/aromatic N) is 4. The highest BCUT2D eigenvalue weighted by molar-refractivity contribution is 7.80. The maximum absolute atomic E-state index is 10.7. The first kappa shape index (κ1) is 21.0. The average molecular weight is 456 g/mol. The lowest BCUT2D eigenvalue weighted by Crippen LogP contribution is -2.30. The second kappa shape index (κ2) is 8.60. The third-order valence-electron chi connectivity index (χ3n) is 5.97. The van der Waals surface area contributed by atoms with E-state index in [4.69, 9.17) is 12.2 Å². The average Bonchev–Trinajstić information content (AvgIpc) is 3.44. The SMILES string of the molecule is CN(C)c1ccc(-n2cccc2[C@H]2[C@@H](c3ccccn3)NC(=S)N2c2ccccc2O)cc1. The summed E-state index contributed by atoms with van der Waals surface area (Å²) in [7, 11) is 4.06. The molecule has 5 rings (SSSR count). The van der Waals surface area contributed by atoms with Gasteiger partial charge in [0.1, 0.15) is 11.8 Å². The molecule has 4 aromatic rings. The normalized spacial score (nSPS) is 17.8. The Morgan fingerprint density at radius 3 is 2.39 bits per heavy atom. The molecule has 6 nitrogen and oxygen atoms in total. The van der Waals surface area contributed by atoms with Crippen molar-refractivity contribution in [1.29, 1.82) is 0 Å². The summed E-state index contributed by atoms with van der Waals surface area (Å²) >= 11 is 5.78. The van der Waals surface area contributed by atoms with Crippen LogP contribution in [0.5, 0.6) is 5.75 Å². The maximum atomic E-state index is 10.7. The van der Waals surface area contributed by atoms with Gasteiger partial charge in [0, 0.05) is 43.6 Å². The molecule has 166 valence electrons. The van der Waals surface area contributed by atoms with Gasteiger partial charge in [0.2, 0.25) is 0 Å². The highest BCUT2D eigenvalue weighted by Gasteiger charge is 2.42. The number of aromatic hydroxyl groups is 1. The largest absolute Gasteiger partial charge is 0.506 e. The van der Waals surface area contributed by atoms with Crippen LogP contribution in [0.15, 0.2) is 91.3 Å². The summed E-state index contributed by atoms with van der Waals surface area (Å²) in [6.07, 6.45) is 3.85. The molecule has 0 amide bonds. The molecule has 2 atom stereocenters. The fourth-order valence-electron chi connectivity index (χ4n) is 4.36. The quantitative estimate of drug-likeness (QED) is 0.421. The molecule has 1 aliphatic rings. The van der Waals surface area contributed by atoms with Crippen molar-refractivity contribution in [3.63, 3.8) is 0 Å². The predicted molar refractivity (Wildman–Crippen MR) is 136 cm³/mol. The van der Waals surface area contributed by atoms with Gasteiger partial charge in [0.05, 0.1) is 17.4 Å². The van der Waals surface area contributed by atoms with Gasteiger partial charge >= 0.3 is 0 Å². The van der Waals surface area contributed by atoms with Crippen molar-refractivity contribution in [2.24, 2.45) is 0 Å². The van der Waals surface area contributed by atoms with Crippen molar-refractivity contribution in [2.75, 3.05) is 23.9 Å². The molecule has 3 heterocycles. The number of hydrogen-bond acceptors (Lipinski definition) is 4. The highest BCUT2D eigenvalue weighted by atomic mass is 32.1. The Hall–Kier alpha value is -3.84. The molecule has 1 saturated heterocycles. The van der Waals surface area contributed by atoms with Crippen LogP contribution in [0.25, 0.3) is 5.69 Å². The Bertz CT molecular complexity index is 1270. The number of anilines is 2. The topological polar surface area (TPSA) is 56.6 Å². The van der Waals surface area contributed by atoms with E-state index >= 15 is 0 Å². The van der Waals surface area contributed by atoms with Crippen molar-refractivity contribution < 1.29 is 5.11 Å². The molecule has 7 heteroatoms.